The van der Waals surface area contributed by atoms with Crippen LogP contribution >= 0.6 is 11.6 Å². The number of nitrogens with zero attached hydrogens (tertiary/aromatic N) is 1. The van der Waals surface area contributed by atoms with Crippen molar-refractivity contribution in [3.05, 3.63) is 28.8 Å². The molecule has 1 aromatic carbocycles. The molecule has 1 atom stereocenters. The lowest BCUT2D eigenvalue weighted by Crippen LogP contribution is -2.60. The summed E-state index contributed by atoms with van der Waals surface area (Å²) < 4.78 is 0. The van der Waals surface area contributed by atoms with E-state index in [1.165, 1.54) is 0 Å². The molecule has 0 aliphatic carbocycles. The molecular formula is C14H17ClN2O2. The summed E-state index contributed by atoms with van der Waals surface area (Å²) in [6, 6.07) is 4.94. The molecule has 0 radical (unpaired) electrons. The molecule has 1 aromatic rings. The Labute approximate surface area is 117 Å². The Morgan fingerprint density at radius 3 is 2.63 bits per heavy atom. The van der Waals surface area contributed by atoms with Gasteiger partial charge in [0.25, 0.3) is 0 Å². The Morgan fingerprint density at radius 1 is 1.37 bits per heavy atom. The van der Waals surface area contributed by atoms with E-state index < -0.39 is 6.04 Å². The molecule has 0 bridgehead atoms. The highest BCUT2D eigenvalue weighted by atomic mass is 35.5. The molecule has 1 saturated heterocycles. The highest BCUT2D eigenvalue weighted by Crippen LogP contribution is 2.28. The zero-order valence-corrected chi connectivity index (χ0v) is 12.0. The van der Waals surface area contributed by atoms with Crippen LogP contribution in [0.1, 0.15) is 19.4 Å². The van der Waals surface area contributed by atoms with E-state index in [9.17, 15) is 9.59 Å². The molecule has 1 N–H and O–H groups in total. The summed E-state index contributed by atoms with van der Waals surface area (Å²) in [4.78, 5) is 25.6. The fraction of sp³-hybridized carbons (Fsp3) is 0.429. The van der Waals surface area contributed by atoms with Crippen molar-refractivity contribution in [3.8, 4) is 0 Å². The number of carbonyl (C=O) groups is 2. The lowest BCUT2D eigenvalue weighted by Gasteiger charge is -2.37. The number of piperazine rings is 1. The van der Waals surface area contributed by atoms with Crippen molar-refractivity contribution in [2.24, 2.45) is 5.92 Å². The fourth-order valence-electron chi connectivity index (χ4n) is 2.26. The molecule has 1 heterocycles. The van der Waals surface area contributed by atoms with Crippen molar-refractivity contribution in [2.45, 2.75) is 26.8 Å². The third-order valence-corrected chi connectivity index (χ3v) is 3.70. The van der Waals surface area contributed by atoms with Crippen LogP contribution in [0.5, 0.6) is 0 Å². The van der Waals surface area contributed by atoms with Crippen LogP contribution in [0.2, 0.25) is 5.02 Å². The van der Waals surface area contributed by atoms with Gasteiger partial charge in [-0.2, -0.15) is 0 Å². The monoisotopic (exact) mass is 280 g/mol. The maximum Gasteiger partial charge on any atom is 0.247 e. The van der Waals surface area contributed by atoms with Crippen molar-refractivity contribution in [2.75, 3.05) is 11.4 Å². The van der Waals surface area contributed by atoms with Crippen LogP contribution in [0, 0.1) is 12.8 Å². The van der Waals surface area contributed by atoms with Crippen LogP contribution in [0.15, 0.2) is 18.2 Å². The molecule has 19 heavy (non-hydrogen) atoms. The van der Waals surface area contributed by atoms with E-state index in [1.807, 2.05) is 32.9 Å². The fourth-order valence-corrected chi connectivity index (χ4v) is 2.44. The molecule has 1 fully saturated rings. The van der Waals surface area contributed by atoms with Crippen LogP contribution < -0.4 is 10.2 Å². The van der Waals surface area contributed by atoms with Gasteiger partial charge in [0.05, 0.1) is 6.54 Å². The van der Waals surface area contributed by atoms with Crippen LogP contribution in [0.25, 0.3) is 0 Å². The Kier molecular flexibility index (Phi) is 3.80. The standard InChI is InChI=1S/C14H17ClN2O2/c1-8(2)13-14(19)16-7-12(18)17(13)10-5-4-9(3)11(15)6-10/h4-6,8,13H,7H2,1-3H3,(H,16,19). The third-order valence-electron chi connectivity index (χ3n) is 3.29. The van der Waals surface area contributed by atoms with E-state index >= 15 is 0 Å². The van der Waals surface area contributed by atoms with Crippen LogP contribution in [-0.2, 0) is 9.59 Å². The van der Waals surface area contributed by atoms with E-state index in [0.717, 1.165) is 5.56 Å². The second-order valence-corrected chi connectivity index (χ2v) is 5.51. The van der Waals surface area contributed by atoms with Crippen molar-refractivity contribution in [1.82, 2.24) is 5.32 Å². The first-order chi connectivity index (χ1) is 8.91. The SMILES string of the molecule is Cc1ccc(N2C(=O)CNC(=O)C2C(C)C)cc1Cl. The van der Waals surface area contributed by atoms with Crippen molar-refractivity contribution in [1.29, 1.82) is 0 Å². The van der Waals surface area contributed by atoms with E-state index in [1.54, 1.807) is 11.0 Å². The highest BCUT2D eigenvalue weighted by Gasteiger charge is 2.37. The maximum atomic E-state index is 12.1. The first-order valence-corrected chi connectivity index (χ1v) is 6.65. The minimum atomic E-state index is -0.486. The lowest BCUT2D eigenvalue weighted by molar-refractivity contribution is -0.131. The average Bonchev–Trinajstić information content (AvgIpc) is 2.35. The zero-order chi connectivity index (χ0) is 14.2. The Bertz CT molecular complexity index is 528. The number of aryl methyl sites for hydroxylation is 1. The molecule has 0 spiro atoms. The number of carbonyl (C=O) groups excluding carboxylic acids is 2. The van der Waals surface area contributed by atoms with Crippen molar-refractivity contribution in [3.63, 3.8) is 0 Å². The molecular weight excluding hydrogens is 264 g/mol. The van der Waals surface area contributed by atoms with Crippen LogP contribution in [-0.4, -0.2) is 24.4 Å². The lowest BCUT2D eigenvalue weighted by atomic mass is 9.98. The summed E-state index contributed by atoms with van der Waals surface area (Å²) in [5.41, 5.74) is 1.62. The molecule has 2 amide bonds. The van der Waals surface area contributed by atoms with Gasteiger partial charge < -0.3 is 5.32 Å². The van der Waals surface area contributed by atoms with Gasteiger partial charge in [0, 0.05) is 10.7 Å². The van der Waals surface area contributed by atoms with E-state index in [4.69, 9.17) is 11.6 Å². The second-order valence-electron chi connectivity index (χ2n) is 5.10. The summed E-state index contributed by atoms with van der Waals surface area (Å²) in [7, 11) is 0. The molecule has 2 rings (SSSR count). The summed E-state index contributed by atoms with van der Waals surface area (Å²) in [5, 5.41) is 3.22. The predicted octanol–water partition coefficient (Wildman–Crippen LogP) is 2.14. The minimum Gasteiger partial charge on any atom is -0.345 e. The van der Waals surface area contributed by atoms with Gasteiger partial charge in [-0.15, -0.1) is 0 Å². The number of benzene rings is 1. The molecule has 4 nitrogen and oxygen atoms in total. The molecule has 1 unspecified atom stereocenters. The van der Waals surface area contributed by atoms with Gasteiger partial charge in [-0.05, 0) is 30.5 Å². The smallest absolute Gasteiger partial charge is 0.247 e. The largest absolute Gasteiger partial charge is 0.345 e. The van der Waals surface area contributed by atoms with Gasteiger partial charge in [0.1, 0.15) is 6.04 Å². The summed E-state index contributed by atoms with van der Waals surface area (Å²) in [5.74, 6) is -0.200. The maximum absolute atomic E-state index is 12.1. The second kappa shape index (κ2) is 5.21. The normalized spacial score (nSPS) is 19.8. The third kappa shape index (κ3) is 2.59. The van der Waals surface area contributed by atoms with E-state index in [2.05, 4.69) is 5.32 Å². The number of anilines is 1. The molecule has 0 saturated carbocycles. The summed E-state index contributed by atoms with van der Waals surface area (Å²) in [6.07, 6.45) is 0. The van der Waals surface area contributed by atoms with E-state index in [-0.39, 0.29) is 24.3 Å². The molecule has 102 valence electrons. The first kappa shape index (κ1) is 13.9. The molecule has 0 aromatic heterocycles. The first-order valence-electron chi connectivity index (χ1n) is 6.27. The van der Waals surface area contributed by atoms with Crippen LogP contribution in [0.4, 0.5) is 5.69 Å². The number of nitrogens with one attached hydrogen (secondary N) is 1. The van der Waals surface area contributed by atoms with Gasteiger partial charge in [0.15, 0.2) is 0 Å². The number of hydrogen-bond donors (Lipinski definition) is 1. The summed E-state index contributed by atoms with van der Waals surface area (Å²) >= 11 is 6.11. The zero-order valence-electron chi connectivity index (χ0n) is 11.2. The molecule has 1 aliphatic heterocycles. The van der Waals surface area contributed by atoms with Gasteiger partial charge in [-0.3, -0.25) is 14.5 Å². The van der Waals surface area contributed by atoms with Crippen molar-refractivity contribution < 1.29 is 9.59 Å². The Hall–Kier alpha value is -1.55. The summed E-state index contributed by atoms with van der Waals surface area (Å²) in [6.45, 7) is 5.78. The van der Waals surface area contributed by atoms with Gasteiger partial charge in [-0.25, -0.2) is 0 Å². The number of rotatable bonds is 2. The van der Waals surface area contributed by atoms with Gasteiger partial charge >= 0.3 is 0 Å². The number of amides is 2. The van der Waals surface area contributed by atoms with Gasteiger partial charge in [0.2, 0.25) is 11.8 Å². The number of hydrogen-bond acceptors (Lipinski definition) is 2. The Morgan fingerprint density at radius 2 is 2.05 bits per heavy atom. The average molecular weight is 281 g/mol. The topological polar surface area (TPSA) is 49.4 Å². The molecule has 1 aliphatic rings. The van der Waals surface area contributed by atoms with Gasteiger partial charge in [-0.1, -0.05) is 31.5 Å². The predicted molar refractivity (Wildman–Crippen MR) is 75.3 cm³/mol. The molecule has 5 heteroatoms. The van der Waals surface area contributed by atoms with Crippen LogP contribution in [0.3, 0.4) is 0 Å². The Balaban J connectivity index is 2.45. The van der Waals surface area contributed by atoms with Crippen molar-refractivity contribution >= 4 is 29.1 Å². The highest BCUT2D eigenvalue weighted by molar-refractivity contribution is 6.31. The number of halogens is 1. The van der Waals surface area contributed by atoms with E-state index in [0.29, 0.717) is 10.7 Å². The quantitative estimate of drug-likeness (QED) is 0.902. The minimum absolute atomic E-state index is 0.0318.